The standard InChI is InChI=1S/C23H28FN5O/c1-3-17(4-2)23(30)27-18-8-9-21(19(24)15-18)28-11-13-29(14-12-28)22(16-25)20-7-5-6-10-26-20/h5-10,15,17,22H,3-4,11-14H2,1-2H3,(H,27,30). The number of halogens is 1. The molecule has 1 fully saturated rings. The maximum Gasteiger partial charge on any atom is 0.227 e. The van der Waals surface area contributed by atoms with Crippen molar-refractivity contribution in [3.63, 3.8) is 0 Å². The summed E-state index contributed by atoms with van der Waals surface area (Å²) in [7, 11) is 0. The van der Waals surface area contributed by atoms with Crippen LogP contribution >= 0.6 is 0 Å². The summed E-state index contributed by atoms with van der Waals surface area (Å²) in [6, 6.07) is 12.3. The predicted octanol–water partition coefficient (Wildman–Crippen LogP) is 3.98. The minimum atomic E-state index is -0.402. The number of benzene rings is 1. The minimum Gasteiger partial charge on any atom is -0.367 e. The van der Waals surface area contributed by atoms with Gasteiger partial charge in [0, 0.05) is 44.0 Å². The minimum absolute atomic E-state index is 0.0620. The van der Waals surface area contributed by atoms with Gasteiger partial charge in [0.05, 0.1) is 17.5 Å². The van der Waals surface area contributed by atoms with Crippen molar-refractivity contribution in [2.75, 3.05) is 36.4 Å². The average molecular weight is 410 g/mol. The van der Waals surface area contributed by atoms with Crippen LogP contribution < -0.4 is 10.2 Å². The van der Waals surface area contributed by atoms with Crippen molar-refractivity contribution in [3.05, 3.63) is 54.1 Å². The van der Waals surface area contributed by atoms with Gasteiger partial charge in [-0.1, -0.05) is 19.9 Å². The van der Waals surface area contributed by atoms with E-state index < -0.39 is 6.04 Å². The molecule has 1 aliphatic rings. The Kier molecular flexibility index (Phi) is 7.36. The van der Waals surface area contributed by atoms with Crippen molar-refractivity contribution in [2.45, 2.75) is 32.7 Å². The van der Waals surface area contributed by atoms with Crippen LogP contribution in [0.25, 0.3) is 0 Å². The second-order valence-electron chi connectivity index (χ2n) is 7.48. The van der Waals surface area contributed by atoms with Crippen LogP contribution in [0.5, 0.6) is 0 Å². The summed E-state index contributed by atoms with van der Waals surface area (Å²) in [6.07, 6.45) is 3.21. The third-order valence-corrected chi connectivity index (χ3v) is 5.68. The summed E-state index contributed by atoms with van der Waals surface area (Å²) in [5.41, 5.74) is 1.73. The SMILES string of the molecule is CCC(CC)C(=O)Nc1ccc(N2CCN(C(C#N)c3ccccn3)CC2)c(F)c1. The van der Waals surface area contributed by atoms with E-state index in [1.807, 2.05) is 36.9 Å². The van der Waals surface area contributed by atoms with Gasteiger partial charge in [0.1, 0.15) is 11.9 Å². The van der Waals surface area contributed by atoms with E-state index in [0.29, 0.717) is 37.6 Å². The summed E-state index contributed by atoms with van der Waals surface area (Å²) in [5.74, 6) is -0.488. The average Bonchev–Trinajstić information content (AvgIpc) is 2.77. The molecule has 0 aliphatic carbocycles. The first-order valence-electron chi connectivity index (χ1n) is 10.5. The molecular formula is C23H28FN5O. The third-order valence-electron chi connectivity index (χ3n) is 5.68. The van der Waals surface area contributed by atoms with E-state index in [2.05, 4.69) is 21.3 Å². The van der Waals surface area contributed by atoms with E-state index in [1.165, 1.54) is 6.07 Å². The molecule has 158 valence electrons. The van der Waals surface area contributed by atoms with Crippen LogP contribution in [-0.4, -0.2) is 42.0 Å². The molecule has 0 bridgehead atoms. The maximum absolute atomic E-state index is 14.8. The number of nitriles is 1. The highest BCUT2D eigenvalue weighted by molar-refractivity contribution is 5.92. The van der Waals surface area contributed by atoms with Crippen LogP contribution in [0, 0.1) is 23.1 Å². The van der Waals surface area contributed by atoms with E-state index in [0.717, 1.165) is 18.5 Å². The van der Waals surface area contributed by atoms with Crippen molar-refractivity contribution in [1.82, 2.24) is 9.88 Å². The highest BCUT2D eigenvalue weighted by Gasteiger charge is 2.27. The molecule has 7 heteroatoms. The predicted molar refractivity (Wildman–Crippen MR) is 115 cm³/mol. The molecule has 2 heterocycles. The normalized spacial score (nSPS) is 15.6. The lowest BCUT2D eigenvalue weighted by Crippen LogP contribution is -2.47. The lowest BCUT2D eigenvalue weighted by atomic mass is 10.0. The molecule has 0 radical (unpaired) electrons. The molecule has 1 unspecified atom stereocenters. The maximum atomic E-state index is 14.8. The van der Waals surface area contributed by atoms with Crippen molar-refractivity contribution in [3.8, 4) is 6.07 Å². The molecule has 0 saturated carbocycles. The van der Waals surface area contributed by atoms with E-state index in [1.54, 1.807) is 18.3 Å². The number of carbonyl (C=O) groups is 1. The Bertz CT molecular complexity index is 886. The lowest BCUT2D eigenvalue weighted by molar-refractivity contribution is -0.120. The molecule has 1 atom stereocenters. The molecule has 1 saturated heterocycles. The van der Waals surface area contributed by atoms with Gasteiger partial charge in [-0.05, 0) is 43.2 Å². The molecule has 6 nitrogen and oxygen atoms in total. The fourth-order valence-corrected chi connectivity index (χ4v) is 3.84. The largest absolute Gasteiger partial charge is 0.367 e. The number of carbonyl (C=O) groups excluding carboxylic acids is 1. The molecule has 1 aromatic carbocycles. The van der Waals surface area contributed by atoms with Crippen molar-refractivity contribution < 1.29 is 9.18 Å². The molecule has 1 aliphatic heterocycles. The van der Waals surface area contributed by atoms with Crippen molar-refractivity contribution in [1.29, 1.82) is 5.26 Å². The zero-order valence-electron chi connectivity index (χ0n) is 17.5. The monoisotopic (exact) mass is 409 g/mol. The van der Waals surface area contributed by atoms with Gasteiger partial charge in [-0.25, -0.2) is 4.39 Å². The zero-order chi connectivity index (χ0) is 21.5. The van der Waals surface area contributed by atoms with Gasteiger partial charge in [0.15, 0.2) is 0 Å². The number of hydrogen-bond acceptors (Lipinski definition) is 5. The zero-order valence-corrected chi connectivity index (χ0v) is 17.5. The van der Waals surface area contributed by atoms with Gasteiger partial charge >= 0.3 is 0 Å². The van der Waals surface area contributed by atoms with E-state index in [4.69, 9.17) is 0 Å². The highest BCUT2D eigenvalue weighted by atomic mass is 19.1. The summed E-state index contributed by atoms with van der Waals surface area (Å²) in [5, 5.41) is 12.4. The Hall–Kier alpha value is -2.98. The molecule has 1 amide bonds. The molecule has 0 spiro atoms. The van der Waals surface area contributed by atoms with Crippen LogP contribution in [0.2, 0.25) is 0 Å². The fourth-order valence-electron chi connectivity index (χ4n) is 3.84. The Labute approximate surface area is 177 Å². The van der Waals surface area contributed by atoms with Crippen LogP contribution in [0.3, 0.4) is 0 Å². The number of rotatable bonds is 7. The number of piperazine rings is 1. The highest BCUT2D eigenvalue weighted by Crippen LogP contribution is 2.27. The number of pyridine rings is 1. The molecule has 3 rings (SSSR count). The van der Waals surface area contributed by atoms with Gasteiger partial charge in [0.2, 0.25) is 5.91 Å². The molecule has 30 heavy (non-hydrogen) atoms. The number of aromatic nitrogens is 1. The number of anilines is 2. The Balaban J connectivity index is 1.63. The number of nitrogens with one attached hydrogen (secondary N) is 1. The van der Waals surface area contributed by atoms with E-state index in [9.17, 15) is 14.4 Å². The molecule has 1 N–H and O–H groups in total. The Morgan fingerprint density at radius 2 is 1.93 bits per heavy atom. The topological polar surface area (TPSA) is 72.3 Å². The first-order chi connectivity index (χ1) is 14.6. The fraction of sp³-hybridized carbons (Fsp3) is 0.435. The Morgan fingerprint density at radius 3 is 2.50 bits per heavy atom. The van der Waals surface area contributed by atoms with E-state index >= 15 is 0 Å². The quantitative estimate of drug-likeness (QED) is 0.749. The molecule has 2 aromatic rings. The van der Waals surface area contributed by atoms with Gasteiger partial charge in [0.25, 0.3) is 0 Å². The third kappa shape index (κ3) is 4.95. The van der Waals surface area contributed by atoms with Crippen LogP contribution in [-0.2, 0) is 4.79 Å². The van der Waals surface area contributed by atoms with Gasteiger partial charge in [-0.2, -0.15) is 5.26 Å². The van der Waals surface area contributed by atoms with Gasteiger partial charge in [-0.15, -0.1) is 0 Å². The van der Waals surface area contributed by atoms with Crippen molar-refractivity contribution in [2.24, 2.45) is 5.92 Å². The van der Waals surface area contributed by atoms with Gasteiger partial charge < -0.3 is 10.2 Å². The van der Waals surface area contributed by atoms with Crippen LogP contribution in [0.1, 0.15) is 38.4 Å². The first kappa shape index (κ1) is 21.7. The first-order valence-corrected chi connectivity index (χ1v) is 10.5. The summed E-state index contributed by atoms with van der Waals surface area (Å²) < 4.78 is 14.8. The number of amides is 1. The van der Waals surface area contributed by atoms with Crippen molar-refractivity contribution >= 4 is 17.3 Å². The molecular weight excluding hydrogens is 381 g/mol. The molecule has 1 aromatic heterocycles. The lowest BCUT2D eigenvalue weighted by Gasteiger charge is -2.38. The van der Waals surface area contributed by atoms with Gasteiger partial charge in [-0.3, -0.25) is 14.7 Å². The van der Waals surface area contributed by atoms with Crippen LogP contribution in [0.15, 0.2) is 42.6 Å². The summed E-state index contributed by atoms with van der Waals surface area (Å²) >= 11 is 0. The summed E-state index contributed by atoms with van der Waals surface area (Å²) in [4.78, 5) is 20.6. The number of hydrogen-bond donors (Lipinski definition) is 1. The summed E-state index contributed by atoms with van der Waals surface area (Å²) in [6.45, 7) is 6.45. The second-order valence-corrected chi connectivity index (χ2v) is 7.48. The van der Waals surface area contributed by atoms with Crippen LogP contribution in [0.4, 0.5) is 15.8 Å². The smallest absolute Gasteiger partial charge is 0.227 e. The number of nitrogens with zero attached hydrogens (tertiary/aromatic N) is 4. The Morgan fingerprint density at radius 1 is 1.20 bits per heavy atom. The second kappa shape index (κ2) is 10.2. The van der Waals surface area contributed by atoms with E-state index in [-0.39, 0.29) is 17.6 Å².